The van der Waals surface area contributed by atoms with Crippen LogP contribution in [0, 0.1) is 11.7 Å². The molecule has 12 nitrogen and oxygen atoms in total. The lowest BCUT2D eigenvalue weighted by Gasteiger charge is -2.34. The van der Waals surface area contributed by atoms with Gasteiger partial charge in [-0.3, -0.25) is 4.79 Å². The number of likely N-dealkylation sites (N-methyl/N-ethyl adjacent to an activating group) is 1. The fourth-order valence-corrected chi connectivity index (χ4v) is 5.10. The molecule has 45 heavy (non-hydrogen) atoms. The van der Waals surface area contributed by atoms with Crippen LogP contribution in [0.4, 0.5) is 31.0 Å². The van der Waals surface area contributed by atoms with Crippen molar-refractivity contribution >= 4 is 35.0 Å². The first-order chi connectivity index (χ1) is 21.6. The maximum atomic E-state index is 13.5. The number of carbonyl (C=O) groups excluding carboxylic acids is 3. The van der Waals surface area contributed by atoms with Gasteiger partial charge in [0.1, 0.15) is 17.7 Å². The minimum Gasteiger partial charge on any atom is -0.488 e. The first kappa shape index (κ1) is 31.4. The molecular weight excluding hydrogens is 585 g/mol. The molecule has 0 aromatic heterocycles. The predicted molar refractivity (Wildman–Crippen MR) is 165 cm³/mol. The fraction of sp³-hybridized carbons (Fsp3) is 0.344. The smallest absolute Gasteiger partial charge is 0.323 e. The van der Waals surface area contributed by atoms with Gasteiger partial charge in [-0.2, -0.15) is 0 Å². The van der Waals surface area contributed by atoms with Crippen LogP contribution in [0.15, 0.2) is 60.7 Å². The highest BCUT2D eigenvalue weighted by Gasteiger charge is 2.32. The summed E-state index contributed by atoms with van der Waals surface area (Å²) in [4.78, 5) is 42.4. The molecule has 0 fully saturated rings. The number of hydrogen-bond acceptors (Lipinski definition) is 7. The van der Waals surface area contributed by atoms with E-state index in [2.05, 4.69) is 16.0 Å². The number of nitrogens with zero attached hydrogens (tertiary/aromatic N) is 2. The number of aliphatic hydroxyl groups is 1. The molecule has 0 unspecified atom stereocenters. The van der Waals surface area contributed by atoms with E-state index in [-0.39, 0.29) is 44.2 Å². The highest BCUT2D eigenvalue weighted by Crippen LogP contribution is 2.34. The topological polar surface area (TPSA) is 142 Å². The Morgan fingerprint density at radius 3 is 2.36 bits per heavy atom. The number of nitrogens with one attached hydrogen (secondary N) is 3. The van der Waals surface area contributed by atoms with Gasteiger partial charge in [-0.15, -0.1) is 0 Å². The van der Waals surface area contributed by atoms with E-state index in [0.717, 1.165) is 0 Å². The van der Waals surface area contributed by atoms with Crippen LogP contribution in [0.5, 0.6) is 17.2 Å². The molecule has 0 saturated heterocycles. The van der Waals surface area contributed by atoms with Gasteiger partial charge >= 0.3 is 12.1 Å². The second kappa shape index (κ2) is 13.7. The second-order valence-corrected chi connectivity index (χ2v) is 11.2. The van der Waals surface area contributed by atoms with Crippen molar-refractivity contribution < 1.29 is 38.1 Å². The number of fused-ring (bicyclic) bond motifs is 2. The lowest BCUT2D eigenvalue weighted by Crippen LogP contribution is -2.48. The van der Waals surface area contributed by atoms with Crippen LogP contribution >= 0.6 is 0 Å². The molecule has 3 atom stereocenters. The Labute approximate surface area is 260 Å². The van der Waals surface area contributed by atoms with E-state index < -0.39 is 24.0 Å². The maximum Gasteiger partial charge on any atom is 0.323 e. The van der Waals surface area contributed by atoms with Crippen molar-refractivity contribution in [3.05, 3.63) is 72.0 Å². The third-order valence-corrected chi connectivity index (χ3v) is 7.70. The molecule has 3 aromatic rings. The van der Waals surface area contributed by atoms with Gasteiger partial charge in [0.05, 0.1) is 25.6 Å². The maximum absolute atomic E-state index is 13.5. The molecule has 0 radical (unpaired) electrons. The van der Waals surface area contributed by atoms with Crippen molar-refractivity contribution in [2.75, 3.05) is 49.5 Å². The van der Waals surface area contributed by atoms with E-state index in [9.17, 15) is 23.9 Å². The molecule has 0 saturated carbocycles. The Bertz CT molecular complexity index is 1550. The van der Waals surface area contributed by atoms with Crippen LogP contribution in [0.2, 0.25) is 0 Å². The van der Waals surface area contributed by atoms with Crippen molar-refractivity contribution in [1.29, 1.82) is 0 Å². The van der Waals surface area contributed by atoms with Crippen molar-refractivity contribution in [2.45, 2.75) is 32.4 Å². The van der Waals surface area contributed by atoms with Gasteiger partial charge in [0.15, 0.2) is 11.5 Å². The molecular formula is C32H36FN5O7. The number of aliphatic hydroxyl groups excluding tert-OH is 1. The van der Waals surface area contributed by atoms with Crippen LogP contribution in [0.25, 0.3) is 0 Å². The third kappa shape index (κ3) is 7.73. The number of hydrogen-bond donors (Lipinski definition) is 4. The summed E-state index contributed by atoms with van der Waals surface area (Å²) in [6.07, 6.45) is -0.564. The minimum absolute atomic E-state index is 0.0331. The van der Waals surface area contributed by atoms with Crippen LogP contribution < -0.4 is 30.2 Å². The molecule has 2 aliphatic rings. The van der Waals surface area contributed by atoms with Crippen LogP contribution in [0.3, 0.4) is 0 Å². The number of rotatable bonds is 7. The first-order valence-corrected chi connectivity index (χ1v) is 14.5. The summed E-state index contributed by atoms with van der Waals surface area (Å²) in [5, 5.41) is 18.1. The Balaban J connectivity index is 1.33. The highest BCUT2D eigenvalue weighted by molar-refractivity contribution is 6.00. The van der Waals surface area contributed by atoms with E-state index in [1.807, 2.05) is 6.92 Å². The van der Waals surface area contributed by atoms with Gasteiger partial charge in [-0.1, -0.05) is 6.92 Å². The first-order valence-electron chi connectivity index (χ1n) is 14.5. The summed E-state index contributed by atoms with van der Waals surface area (Å²) < 4.78 is 30.4. The van der Waals surface area contributed by atoms with Crippen molar-refractivity contribution in [3.63, 3.8) is 0 Å². The lowest BCUT2D eigenvalue weighted by molar-refractivity contribution is -0.134. The molecule has 2 heterocycles. The Morgan fingerprint density at radius 1 is 0.978 bits per heavy atom. The number of benzene rings is 3. The zero-order valence-electron chi connectivity index (χ0n) is 25.2. The second-order valence-electron chi connectivity index (χ2n) is 11.2. The number of carbonyl (C=O) groups is 3. The highest BCUT2D eigenvalue weighted by atomic mass is 19.1. The van der Waals surface area contributed by atoms with E-state index in [0.29, 0.717) is 46.4 Å². The van der Waals surface area contributed by atoms with Gasteiger partial charge in [0.25, 0.3) is 0 Å². The van der Waals surface area contributed by atoms with Gasteiger partial charge in [0, 0.05) is 48.2 Å². The molecule has 2 aliphatic heterocycles. The number of urea groups is 2. The molecule has 5 rings (SSSR count). The SMILES string of the molecule is C[C@H]1CN([C@@H](C)CO)C(=O)Cc2cc(NC(=O)Nc3ccc(F)cc3)ccc2O[C@@H]1CN(C)C(=O)Nc1ccc2c(c1)OCO2. The zero-order chi connectivity index (χ0) is 32.1. The van der Waals surface area contributed by atoms with Gasteiger partial charge in [-0.05, 0) is 61.5 Å². The molecule has 0 spiro atoms. The Morgan fingerprint density at radius 2 is 1.62 bits per heavy atom. The van der Waals surface area contributed by atoms with Gasteiger partial charge in [0.2, 0.25) is 12.7 Å². The predicted octanol–water partition coefficient (Wildman–Crippen LogP) is 4.51. The van der Waals surface area contributed by atoms with Crippen LogP contribution in [-0.2, 0) is 11.2 Å². The normalized spacial score (nSPS) is 18.0. The quantitative estimate of drug-likeness (QED) is 0.304. The van der Waals surface area contributed by atoms with Crippen LogP contribution in [0.1, 0.15) is 19.4 Å². The lowest BCUT2D eigenvalue weighted by atomic mass is 10.0. The minimum atomic E-state index is -0.547. The average molecular weight is 622 g/mol. The monoisotopic (exact) mass is 621 g/mol. The molecule has 3 aromatic carbocycles. The third-order valence-electron chi connectivity index (χ3n) is 7.70. The number of halogens is 1. The molecule has 4 N–H and O–H groups in total. The molecule has 0 bridgehead atoms. The van der Waals surface area contributed by atoms with E-state index in [1.165, 1.54) is 29.2 Å². The number of anilines is 3. The number of amides is 5. The van der Waals surface area contributed by atoms with Crippen molar-refractivity contribution in [2.24, 2.45) is 5.92 Å². The van der Waals surface area contributed by atoms with Crippen molar-refractivity contribution in [1.82, 2.24) is 9.80 Å². The van der Waals surface area contributed by atoms with Crippen LogP contribution in [-0.4, -0.2) is 78.6 Å². The summed E-state index contributed by atoms with van der Waals surface area (Å²) in [6.45, 7) is 4.08. The van der Waals surface area contributed by atoms with Gasteiger partial charge in [-0.25, -0.2) is 14.0 Å². The Hall–Kier alpha value is -5.04. The largest absolute Gasteiger partial charge is 0.488 e. The summed E-state index contributed by atoms with van der Waals surface area (Å²) in [6, 6.07) is 14.1. The molecule has 13 heteroatoms. The molecule has 5 amide bonds. The average Bonchev–Trinajstić information content (AvgIpc) is 3.50. The summed E-state index contributed by atoms with van der Waals surface area (Å²) >= 11 is 0. The zero-order valence-corrected chi connectivity index (χ0v) is 25.2. The Kier molecular flexibility index (Phi) is 9.57. The summed E-state index contributed by atoms with van der Waals surface area (Å²) in [7, 11) is 1.65. The fourth-order valence-electron chi connectivity index (χ4n) is 5.10. The standard InChI is InChI=1S/C32H36FN5O7/c1-19-15-38(20(2)17-39)30(40)13-21-12-24(35-31(41)34-23-6-4-22(33)5-7-23)8-10-26(21)45-29(19)16-37(3)32(42)36-25-9-11-27-28(14-25)44-18-43-27/h4-12,14,19-20,29,39H,13,15-18H2,1-3H3,(H,36,42)(H2,34,35,41)/t19-,20-,29+/m0/s1. The number of ether oxygens (including phenoxy) is 3. The van der Waals surface area contributed by atoms with E-state index in [1.54, 1.807) is 55.3 Å². The molecule has 0 aliphatic carbocycles. The van der Waals surface area contributed by atoms with E-state index in [4.69, 9.17) is 14.2 Å². The van der Waals surface area contributed by atoms with Crippen molar-refractivity contribution in [3.8, 4) is 17.2 Å². The van der Waals surface area contributed by atoms with E-state index >= 15 is 0 Å². The van der Waals surface area contributed by atoms with Gasteiger partial charge < -0.3 is 45.1 Å². The summed E-state index contributed by atoms with van der Waals surface area (Å²) in [5.41, 5.74) is 1.89. The summed E-state index contributed by atoms with van der Waals surface area (Å²) in [5.74, 6) is 0.732. The molecule has 238 valence electrons.